The summed E-state index contributed by atoms with van der Waals surface area (Å²) in [7, 11) is 0. The summed E-state index contributed by atoms with van der Waals surface area (Å²) in [5.41, 5.74) is 1.63. The molecule has 1 amide bonds. The van der Waals surface area contributed by atoms with E-state index in [9.17, 15) is 9.59 Å². The van der Waals surface area contributed by atoms with Gasteiger partial charge in [-0.3, -0.25) is 4.79 Å². The van der Waals surface area contributed by atoms with E-state index in [2.05, 4.69) is 12.2 Å². The van der Waals surface area contributed by atoms with Crippen molar-refractivity contribution in [1.82, 2.24) is 0 Å². The standard InChI is InChI=1S/C18H18N2O3S2/c1-10-3-4-14-13(7-10)8-15(25-14)18(22)23-11(2)16(21)20-17-12(9-19)5-6-24-17/h5-6,8,10-11H,3-4,7H2,1-2H3,(H,20,21)/t10-,11+/m1/s1. The Morgan fingerprint density at radius 3 is 3.04 bits per heavy atom. The molecule has 2 aromatic rings. The molecular formula is C18H18N2O3S2. The Morgan fingerprint density at radius 2 is 2.28 bits per heavy atom. The summed E-state index contributed by atoms with van der Waals surface area (Å²) in [5, 5.41) is 13.8. The van der Waals surface area contributed by atoms with Crippen LogP contribution in [0.3, 0.4) is 0 Å². The van der Waals surface area contributed by atoms with E-state index in [0.29, 0.717) is 21.4 Å². The molecule has 3 rings (SSSR count). The van der Waals surface area contributed by atoms with Gasteiger partial charge in [-0.15, -0.1) is 22.7 Å². The zero-order valence-electron chi connectivity index (χ0n) is 14.0. The second-order valence-corrected chi connectivity index (χ2v) is 8.27. The van der Waals surface area contributed by atoms with E-state index in [0.717, 1.165) is 19.3 Å². The predicted molar refractivity (Wildman–Crippen MR) is 98.0 cm³/mol. The van der Waals surface area contributed by atoms with Crippen molar-refractivity contribution < 1.29 is 14.3 Å². The van der Waals surface area contributed by atoms with Crippen LogP contribution in [0, 0.1) is 17.2 Å². The highest BCUT2D eigenvalue weighted by Crippen LogP contribution is 2.32. The van der Waals surface area contributed by atoms with Gasteiger partial charge >= 0.3 is 5.97 Å². The number of nitrogens with zero attached hydrogens (tertiary/aromatic N) is 1. The van der Waals surface area contributed by atoms with Crippen LogP contribution in [0.25, 0.3) is 0 Å². The summed E-state index contributed by atoms with van der Waals surface area (Å²) in [6.07, 6.45) is 2.20. The van der Waals surface area contributed by atoms with Gasteiger partial charge in [0.05, 0.1) is 5.56 Å². The quantitative estimate of drug-likeness (QED) is 0.821. The number of nitriles is 1. The van der Waals surface area contributed by atoms with Gasteiger partial charge in [0.1, 0.15) is 15.9 Å². The minimum Gasteiger partial charge on any atom is -0.448 e. The fourth-order valence-corrected chi connectivity index (χ4v) is 4.62. The number of anilines is 1. The van der Waals surface area contributed by atoms with Crippen LogP contribution in [0.1, 0.15) is 45.9 Å². The highest BCUT2D eigenvalue weighted by Gasteiger charge is 2.24. The van der Waals surface area contributed by atoms with Crippen LogP contribution in [0.5, 0.6) is 0 Å². The Balaban J connectivity index is 1.62. The molecule has 130 valence electrons. The Kier molecular flexibility index (Phi) is 5.21. The number of carbonyl (C=O) groups excluding carboxylic acids is 2. The highest BCUT2D eigenvalue weighted by atomic mass is 32.1. The lowest BCUT2D eigenvalue weighted by molar-refractivity contribution is -0.123. The fraction of sp³-hybridized carbons (Fsp3) is 0.389. The maximum Gasteiger partial charge on any atom is 0.349 e. The number of amides is 1. The lowest BCUT2D eigenvalue weighted by Crippen LogP contribution is -2.29. The highest BCUT2D eigenvalue weighted by molar-refractivity contribution is 7.14. The molecule has 7 heteroatoms. The number of esters is 1. The maximum atomic E-state index is 12.3. The van der Waals surface area contributed by atoms with Gasteiger partial charge in [-0.1, -0.05) is 6.92 Å². The van der Waals surface area contributed by atoms with Crippen LogP contribution in [0.2, 0.25) is 0 Å². The first-order valence-corrected chi connectivity index (χ1v) is 9.78. The molecule has 1 N–H and O–H groups in total. The number of carbonyl (C=O) groups is 2. The average molecular weight is 374 g/mol. The molecule has 0 aromatic carbocycles. The number of thiophene rings is 2. The number of hydrogen-bond donors (Lipinski definition) is 1. The number of fused-ring (bicyclic) bond motifs is 1. The van der Waals surface area contributed by atoms with Crippen molar-refractivity contribution in [2.75, 3.05) is 5.32 Å². The summed E-state index contributed by atoms with van der Waals surface area (Å²) in [5.74, 6) is -0.278. The van der Waals surface area contributed by atoms with E-state index in [1.165, 1.54) is 40.0 Å². The lowest BCUT2D eigenvalue weighted by atomic mass is 9.90. The first-order valence-electron chi connectivity index (χ1n) is 8.09. The molecule has 0 saturated carbocycles. The van der Waals surface area contributed by atoms with E-state index in [4.69, 9.17) is 10.00 Å². The largest absolute Gasteiger partial charge is 0.448 e. The molecule has 0 spiro atoms. The van der Waals surface area contributed by atoms with Crippen molar-refractivity contribution in [3.8, 4) is 6.07 Å². The molecule has 0 saturated heterocycles. The van der Waals surface area contributed by atoms with Gasteiger partial charge in [0.2, 0.25) is 0 Å². The van der Waals surface area contributed by atoms with Crippen LogP contribution in [-0.4, -0.2) is 18.0 Å². The third-order valence-corrected chi connectivity index (χ3v) is 6.25. The van der Waals surface area contributed by atoms with Gasteiger partial charge < -0.3 is 10.1 Å². The lowest BCUT2D eigenvalue weighted by Gasteiger charge is -2.16. The molecule has 0 unspecified atom stereocenters. The van der Waals surface area contributed by atoms with Crippen molar-refractivity contribution in [3.63, 3.8) is 0 Å². The van der Waals surface area contributed by atoms with Crippen molar-refractivity contribution in [2.24, 2.45) is 5.92 Å². The topological polar surface area (TPSA) is 79.2 Å². The Hall–Kier alpha value is -2.17. The minimum atomic E-state index is -0.931. The molecular weight excluding hydrogens is 356 g/mol. The normalized spacial score (nSPS) is 17.2. The summed E-state index contributed by atoms with van der Waals surface area (Å²) in [6.45, 7) is 3.74. The van der Waals surface area contributed by atoms with Crippen LogP contribution >= 0.6 is 22.7 Å². The van der Waals surface area contributed by atoms with Crippen LogP contribution in [0.15, 0.2) is 17.5 Å². The van der Waals surface area contributed by atoms with Gasteiger partial charge in [0, 0.05) is 4.88 Å². The van der Waals surface area contributed by atoms with E-state index < -0.39 is 18.0 Å². The smallest absolute Gasteiger partial charge is 0.349 e. The summed E-state index contributed by atoms with van der Waals surface area (Å²) in [6, 6.07) is 5.54. The van der Waals surface area contributed by atoms with E-state index in [1.54, 1.807) is 11.4 Å². The molecule has 0 aliphatic heterocycles. The van der Waals surface area contributed by atoms with Crippen LogP contribution < -0.4 is 5.32 Å². The second kappa shape index (κ2) is 7.38. The second-order valence-electron chi connectivity index (χ2n) is 6.22. The molecule has 0 fully saturated rings. The molecule has 2 aromatic heterocycles. The van der Waals surface area contributed by atoms with E-state index in [-0.39, 0.29) is 0 Å². The van der Waals surface area contributed by atoms with E-state index >= 15 is 0 Å². The molecule has 1 aliphatic rings. The summed E-state index contributed by atoms with van der Waals surface area (Å²) in [4.78, 5) is 26.3. The molecule has 5 nitrogen and oxygen atoms in total. The van der Waals surface area contributed by atoms with Gasteiger partial charge in [-0.2, -0.15) is 5.26 Å². The predicted octanol–water partition coefficient (Wildman–Crippen LogP) is 3.99. The van der Waals surface area contributed by atoms with Gasteiger partial charge in [-0.05, 0) is 55.2 Å². The maximum absolute atomic E-state index is 12.3. The Morgan fingerprint density at radius 1 is 1.48 bits per heavy atom. The van der Waals surface area contributed by atoms with Gasteiger partial charge in [-0.25, -0.2) is 4.79 Å². The first-order chi connectivity index (χ1) is 12.0. The molecule has 0 bridgehead atoms. The summed E-state index contributed by atoms with van der Waals surface area (Å²) >= 11 is 2.72. The third kappa shape index (κ3) is 3.91. The van der Waals surface area contributed by atoms with Gasteiger partial charge in [0.25, 0.3) is 5.91 Å². The van der Waals surface area contributed by atoms with Crippen molar-refractivity contribution in [2.45, 2.75) is 39.2 Å². The SMILES string of the molecule is C[C@@H]1CCc2sc(C(=O)O[C@@H](C)C(=O)Nc3sccc3C#N)cc2C1. The zero-order chi connectivity index (χ0) is 18.0. The van der Waals surface area contributed by atoms with Crippen LogP contribution in [0.4, 0.5) is 5.00 Å². The number of rotatable bonds is 4. The Labute approximate surface area is 154 Å². The minimum absolute atomic E-state index is 0.400. The van der Waals surface area contributed by atoms with E-state index in [1.807, 2.05) is 12.1 Å². The van der Waals surface area contributed by atoms with Gasteiger partial charge in [0.15, 0.2) is 6.10 Å². The van der Waals surface area contributed by atoms with Crippen molar-refractivity contribution in [3.05, 3.63) is 38.4 Å². The zero-order valence-corrected chi connectivity index (χ0v) is 15.6. The number of hydrogen-bond acceptors (Lipinski definition) is 6. The number of nitrogens with one attached hydrogen (secondary N) is 1. The van der Waals surface area contributed by atoms with Crippen molar-refractivity contribution >= 4 is 39.6 Å². The van der Waals surface area contributed by atoms with Crippen LogP contribution in [-0.2, 0) is 22.4 Å². The number of ether oxygens (including phenoxy) is 1. The molecule has 0 radical (unpaired) electrons. The Bertz CT molecular complexity index is 847. The first kappa shape index (κ1) is 17.6. The number of aryl methyl sites for hydroxylation is 1. The average Bonchev–Trinajstić information content (AvgIpc) is 3.20. The molecule has 1 aliphatic carbocycles. The summed E-state index contributed by atoms with van der Waals surface area (Å²) < 4.78 is 5.31. The van der Waals surface area contributed by atoms with Crippen molar-refractivity contribution in [1.29, 1.82) is 5.26 Å². The fourth-order valence-electron chi connectivity index (χ4n) is 2.79. The molecule has 2 heterocycles. The monoisotopic (exact) mass is 374 g/mol. The molecule has 25 heavy (non-hydrogen) atoms. The molecule has 2 atom stereocenters. The third-order valence-electron chi connectivity index (χ3n) is 4.21.